The van der Waals surface area contributed by atoms with Crippen LogP contribution in [-0.2, 0) is 31.3 Å². The Labute approximate surface area is 200 Å². The number of nitrogens with zero attached hydrogens (tertiary/aromatic N) is 1. The van der Waals surface area contributed by atoms with Gasteiger partial charge in [-0.3, -0.25) is 29.4 Å². The number of hydrogen-bond acceptors (Lipinski definition) is 6. The van der Waals surface area contributed by atoms with E-state index < -0.39 is 47.0 Å². The minimum atomic E-state index is -1.52. The van der Waals surface area contributed by atoms with E-state index in [1.165, 1.54) is 7.11 Å². The summed E-state index contributed by atoms with van der Waals surface area (Å²) < 4.78 is 5.38. The largest absolute Gasteiger partial charge is 0.496 e. The Kier molecular flexibility index (Phi) is 5.14. The molecule has 5 rings (SSSR count). The molecule has 4 atom stereocenters. The lowest BCUT2D eigenvalue weighted by molar-refractivity contribution is -0.143. The molecule has 176 valence electrons. The number of methoxy groups -OCH3 is 1. The Morgan fingerprint density at radius 1 is 1.18 bits per heavy atom. The van der Waals surface area contributed by atoms with Gasteiger partial charge in [-0.15, -0.1) is 0 Å². The second-order valence-corrected chi connectivity index (χ2v) is 9.26. The molecular formula is C24H23ClN4O5. The van der Waals surface area contributed by atoms with Gasteiger partial charge in [-0.25, -0.2) is 0 Å². The van der Waals surface area contributed by atoms with E-state index in [0.717, 1.165) is 4.90 Å². The van der Waals surface area contributed by atoms with E-state index in [9.17, 15) is 19.2 Å². The maximum absolute atomic E-state index is 13.8. The van der Waals surface area contributed by atoms with Gasteiger partial charge in [0, 0.05) is 28.6 Å². The van der Waals surface area contributed by atoms with Crippen molar-refractivity contribution in [2.24, 2.45) is 17.6 Å². The van der Waals surface area contributed by atoms with Crippen molar-refractivity contribution in [3.8, 4) is 5.75 Å². The topological polar surface area (TPSA) is 131 Å². The van der Waals surface area contributed by atoms with Crippen LogP contribution in [0, 0.1) is 18.8 Å². The molecule has 2 aromatic carbocycles. The molecule has 0 bridgehead atoms. The van der Waals surface area contributed by atoms with Crippen LogP contribution in [0.1, 0.15) is 23.1 Å². The van der Waals surface area contributed by atoms with Crippen LogP contribution in [0.2, 0.25) is 5.02 Å². The lowest BCUT2D eigenvalue weighted by Crippen LogP contribution is -2.53. The molecule has 34 heavy (non-hydrogen) atoms. The maximum Gasteiger partial charge on any atom is 0.250 e. The standard InChI is InChI=1S/C24H23ClN4O5/c1-11-14(25)8-7-13-20(11)27-23(33)24(13)19-18(15(28-24)9-17(26)30)21(31)29(22(19)32)10-12-5-3-4-6-16(12)34-2/h3-8,15,18-19,28H,9-10H2,1-2H3,(H2,26,30)(H,27,33)/t15-,18-,19-,24-/m0/s1. The van der Waals surface area contributed by atoms with Gasteiger partial charge in [0.15, 0.2) is 0 Å². The summed E-state index contributed by atoms with van der Waals surface area (Å²) in [7, 11) is 1.51. The molecule has 0 saturated carbocycles. The molecular weight excluding hydrogens is 460 g/mol. The number of hydrogen-bond donors (Lipinski definition) is 3. The quantitative estimate of drug-likeness (QED) is 0.553. The van der Waals surface area contributed by atoms with Crippen molar-refractivity contribution >= 4 is 40.9 Å². The number of carbonyl (C=O) groups excluding carboxylic acids is 4. The number of para-hydroxylation sites is 1. The Morgan fingerprint density at radius 3 is 2.62 bits per heavy atom. The molecule has 0 unspecified atom stereocenters. The van der Waals surface area contributed by atoms with Crippen LogP contribution in [0.4, 0.5) is 5.69 Å². The number of carbonyl (C=O) groups is 4. The lowest BCUT2D eigenvalue weighted by atomic mass is 9.76. The van der Waals surface area contributed by atoms with Crippen molar-refractivity contribution in [2.45, 2.75) is 31.5 Å². The first kappa shape index (κ1) is 22.4. The predicted octanol–water partition coefficient (Wildman–Crippen LogP) is 1.45. The number of primary amides is 1. The molecule has 1 spiro atoms. The average molecular weight is 483 g/mol. The number of likely N-dealkylation sites (tertiary alicyclic amines) is 1. The Balaban J connectivity index is 1.62. The van der Waals surface area contributed by atoms with Gasteiger partial charge >= 0.3 is 0 Å². The van der Waals surface area contributed by atoms with Gasteiger partial charge in [0.05, 0.1) is 31.2 Å². The van der Waals surface area contributed by atoms with Gasteiger partial charge in [-0.2, -0.15) is 0 Å². The van der Waals surface area contributed by atoms with Crippen molar-refractivity contribution in [3.63, 3.8) is 0 Å². The van der Waals surface area contributed by atoms with Crippen molar-refractivity contribution in [2.75, 3.05) is 12.4 Å². The molecule has 10 heteroatoms. The number of anilines is 1. The van der Waals surface area contributed by atoms with E-state index in [4.69, 9.17) is 22.1 Å². The van der Waals surface area contributed by atoms with Gasteiger partial charge in [-0.1, -0.05) is 35.9 Å². The summed E-state index contributed by atoms with van der Waals surface area (Å²) in [4.78, 5) is 53.9. The summed E-state index contributed by atoms with van der Waals surface area (Å²) in [5.74, 6) is -3.48. The van der Waals surface area contributed by atoms with Gasteiger partial charge < -0.3 is 15.8 Å². The fraction of sp³-hybridized carbons (Fsp3) is 0.333. The van der Waals surface area contributed by atoms with E-state index in [1.807, 2.05) is 0 Å². The fourth-order valence-electron chi connectivity index (χ4n) is 5.60. The van der Waals surface area contributed by atoms with Crippen LogP contribution in [0.15, 0.2) is 36.4 Å². The third kappa shape index (κ3) is 2.97. The Morgan fingerprint density at radius 2 is 1.91 bits per heavy atom. The van der Waals surface area contributed by atoms with Gasteiger partial charge in [-0.05, 0) is 24.6 Å². The summed E-state index contributed by atoms with van der Waals surface area (Å²) >= 11 is 6.26. The summed E-state index contributed by atoms with van der Waals surface area (Å²) in [6, 6.07) is 9.65. The molecule has 3 aliphatic heterocycles. The maximum atomic E-state index is 13.8. The molecule has 2 fully saturated rings. The Hall–Kier alpha value is -3.43. The second-order valence-electron chi connectivity index (χ2n) is 8.86. The second kappa shape index (κ2) is 7.82. The van der Waals surface area contributed by atoms with E-state index in [2.05, 4.69) is 10.6 Å². The lowest BCUT2D eigenvalue weighted by Gasteiger charge is -2.29. The number of nitrogens with two attached hydrogens (primary N) is 1. The molecule has 2 saturated heterocycles. The molecule has 4 N–H and O–H groups in total. The smallest absolute Gasteiger partial charge is 0.250 e. The first-order valence-electron chi connectivity index (χ1n) is 10.8. The molecule has 0 radical (unpaired) electrons. The highest BCUT2D eigenvalue weighted by Crippen LogP contribution is 2.54. The van der Waals surface area contributed by atoms with Crippen molar-refractivity contribution in [1.82, 2.24) is 10.2 Å². The highest BCUT2D eigenvalue weighted by atomic mass is 35.5. The monoisotopic (exact) mass is 482 g/mol. The molecule has 2 aromatic rings. The number of halogens is 1. The molecule has 0 aliphatic carbocycles. The van der Waals surface area contributed by atoms with E-state index in [-0.39, 0.29) is 13.0 Å². The Bertz CT molecular complexity index is 1260. The number of nitrogens with one attached hydrogen (secondary N) is 2. The zero-order valence-electron chi connectivity index (χ0n) is 18.6. The van der Waals surface area contributed by atoms with Gasteiger partial charge in [0.1, 0.15) is 11.3 Å². The third-order valence-electron chi connectivity index (χ3n) is 7.12. The average Bonchev–Trinajstić information content (AvgIpc) is 3.37. The van der Waals surface area contributed by atoms with Crippen LogP contribution in [-0.4, -0.2) is 41.7 Å². The summed E-state index contributed by atoms with van der Waals surface area (Å²) in [6.45, 7) is 1.76. The number of amides is 4. The van der Waals surface area contributed by atoms with Crippen LogP contribution in [0.25, 0.3) is 0 Å². The van der Waals surface area contributed by atoms with Crippen molar-refractivity contribution < 1.29 is 23.9 Å². The van der Waals surface area contributed by atoms with E-state index in [1.54, 1.807) is 43.3 Å². The minimum absolute atomic E-state index is 0.0117. The predicted molar refractivity (Wildman–Crippen MR) is 123 cm³/mol. The summed E-state index contributed by atoms with van der Waals surface area (Å²) in [6.07, 6.45) is -0.195. The zero-order chi connectivity index (χ0) is 24.4. The highest BCUT2D eigenvalue weighted by Gasteiger charge is 2.70. The molecule has 3 aliphatic rings. The van der Waals surface area contributed by atoms with Crippen molar-refractivity contribution in [3.05, 3.63) is 58.1 Å². The van der Waals surface area contributed by atoms with Crippen LogP contribution < -0.4 is 21.1 Å². The normalized spacial score (nSPS) is 27.2. The minimum Gasteiger partial charge on any atom is -0.496 e. The summed E-state index contributed by atoms with van der Waals surface area (Å²) in [5.41, 5.74) is 6.30. The van der Waals surface area contributed by atoms with Gasteiger partial charge in [0.2, 0.25) is 23.6 Å². The number of ether oxygens (including phenoxy) is 1. The number of imide groups is 1. The number of fused-ring (bicyclic) bond motifs is 4. The summed E-state index contributed by atoms with van der Waals surface area (Å²) in [5, 5.41) is 6.47. The number of rotatable bonds is 5. The molecule has 3 heterocycles. The molecule has 4 amide bonds. The van der Waals surface area contributed by atoms with Crippen LogP contribution >= 0.6 is 11.6 Å². The SMILES string of the molecule is COc1ccccc1CN1C(=O)[C@H]2[C@H](CC(N)=O)N[C@]3(C(=O)Nc4c3ccc(Cl)c4C)[C@@H]2C1=O. The van der Waals surface area contributed by atoms with Crippen LogP contribution in [0.5, 0.6) is 5.75 Å². The van der Waals surface area contributed by atoms with Crippen LogP contribution in [0.3, 0.4) is 0 Å². The zero-order valence-corrected chi connectivity index (χ0v) is 19.3. The first-order chi connectivity index (χ1) is 16.2. The first-order valence-corrected chi connectivity index (χ1v) is 11.2. The van der Waals surface area contributed by atoms with Crippen molar-refractivity contribution in [1.29, 1.82) is 0 Å². The molecule has 9 nitrogen and oxygen atoms in total. The third-order valence-corrected chi connectivity index (χ3v) is 7.53. The van der Waals surface area contributed by atoms with E-state index in [0.29, 0.717) is 33.1 Å². The van der Waals surface area contributed by atoms with E-state index >= 15 is 0 Å². The fourth-order valence-corrected chi connectivity index (χ4v) is 5.76. The van der Waals surface area contributed by atoms with Gasteiger partial charge in [0.25, 0.3) is 0 Å². The highest BCUT2D eigenvalue weighted by molar-refractivity contribution is 6.32. The molecule has 0 aromatic heterocycles. The number of benzene rings is 2.